The molecule has 162 valence electrons. The molecule has 30 heavy (non-hydrogen) atoms. The molecule has 0 aliphatic heterocycles. The smallest absolute Gasteiger partial charge is 0.407 e. The Kier molecular flexibility index (Phi) is 6.40. The molecule has 0 spiro atoms. The van der Waals surface area contributed by atoms with Crippen LogP contribution in [0.1, 0.15) is 65.4 Å². The first-order chi connectivity index (χ1) is 14.1. The number of imidazole rings is 1. The second-order valence-corrected chi connectivity index (χ2v) is 10.2. The molecular weight excluding hydrogens is 376 g/mol. The van der Waals surface area contributed by atoms with E-state index in [1.54, 1.807) is 4.90 Å². The Morgan fingerprint density at radius 2 is 2.20 bits per heavy atom. The third-order valence-corrected chi connectivity index (χ3v) is 6.46. The van der Waals surface area contributed by atoms with E-state index in [9.17, 15) is 15.2 Å². The van der Waals surface area contributed by atoms with Crippen LogP contribution in [-0.2, 0) is 6.54 Å². The molecule has 0 saturated heterocycles. The van der Waals surface area contributed by atoms with Crippen molar-refractivity contribution >= 4 is 17.1 Å². The van der Waals surface area contributed by atoms with Crippen LogP contribution in [-0.4, -0.2) is 38.7 Å². The quantitative estimate of drug-likeness (QED) is 0.680. The van der Waals surface area contributed by atoms with Crippen LogP contribution in [0.25, 0.3) is 11.0 Å². The van der Waals surface area contributed by atoms with Crippen molar-refractivity contribution in [3.8, 4) is 6.07 Å². The van der Waals surface area contributed by atoms with Crippen molar-refractivity contribution in [3.05, 3.63) is 30.1 Å². The molecule has 3 rings (SSSR count). The van der Waals surface area contributed by atoms with Crippen LogP contribution < -0.4 is 0 Å². The van der Waals surface area contributed by atoms with E-state index in [0.29, 0.717) is 24.6 Å². The Labute approximate surface area is 179 Å². The third kappa shape index (κ3) is 5.13. The molecule has 2 aromatic rings. The largest absolute Gasteiger partial charge is 0.465 e. The van der Waals surface area contributed by atoms with E-state index in [-0.39, 0.29) is 10.8 Å². The first-order valence-electron chi connectivity index (χ1n) is 11.0. The van der Waals surface area contributed by atoms with Gasteiger partial charge >= 0.3 is 6.09 Å². The molecule has 0 bridgehead atoms. The van der Waals surface area contributed by atoms with Gasteiger partial charge in [0.2, 0.25) is 0 Å². The minimum atomic E-state index is -0.817. The number of carbonyl (C=O) groups is 1. The monoisotopic (exact) mass is 410 g/mol. The summed E-state index contributed by atoms with van der Waals surface area (Å²) >= 11 is 0. The molecule has 1 fully saturated rings. The van der Waals surface area contributed by atoms with Crippen LogP contribution in [0.15, 0.2) is 24.5 Å². The van der Waals surface area contributed by atoms with Crippen molar-refractivity contribution in [2.75, 3.05) is 13.1 Å². The van der Waals surface area contributed by atoms with E-state index in [1.165, 1.54) is 0 Å². The number of benzene rings is 1. The van der Waals surface area contributed by atoms with Crippen molar-refractivity contribution < 1.29 is 9.90 Å². The van der Waals surface area contributed by atoms with Gasteiger partial charge in [-0.1, -0.05) is 34.1 Å². The van der Waals surface area contributed by atoms with Gasteiger partial charge in [0.25, 0.3) is 0 Å². The zero-order valence-electron chi connectivity index (χ0n) is 18.7. The molecule has 1 heterocycles. The van der Waals surface area contributed by atoms with Gasteiger partial charge in [-0.2, -0.15) is 5.26 Å². The number of amides is 1. The number of fused-ring (bicyclic) bond motifs is 1. The van der Waals surface area contributed by atoms with Gasteiger partial charge in [-0.05, 0) is 60.6 Å². The number of rotatable bonds is 6. The van der Waals surface area contributed by atoms with Gasteiger partial charge in [0.15, 0.2) is 0 Å². The molecule has 0 radical (unpaired) electrons. The SMILES string of the molecule is CCC1(Cn2cnc3ccc(C#N)cc32)CCCC(CN(CC(C)(C)C)C(=O)O)C1. The fourth-order valence-electron chi connectivity index (χ4n) is 5.02. The lowest BCUT2D eigenvalue weighted by molar-refractivity contribution is 0.0712. The summed E-state index contributed by atoms with van der Waals surface area (Å²) in [4.78, 5) is 18.0. The van der Waals surface area contributed by atoms with Gasteiger partial charge in [0.1, 0.15) is 0 Å². The summed E-state index contributed by atoms with van der Waals surface area (Å²) in [5.41, 5.74) is 2.64. The topological polar surface area (TPSA) is 82.2 Å². The van der Waals surface area contributed by atoms with Crippen molar-refractivity contribution in [1.82, 2.24) is 14.5 Å². The van der Waals surface area contributed by atoms with E-state index in [0.717, 1.165) is 49.7 Å². The maximum absolute atomic E-state index is 11.8. The van der Waals surface area contributed by atoms with Crippen molar-refractivity contribution in [3.63, 3.8) is 0 Å². The second kappa shape index (κ2) is 8.67. The van der Waals surface area contributed by atoms with Crippen LogP contribution >= 0.6 is 0 Å². The highest BCUT2D eigenvalue weighted by molar-refractivity contribution is 5.77. The van der Waals surface area contributed by atoms with Crippen LogP contribution in [0.4, 0.5) is 4.79 Å². The molecule has 6 heteroatoms. The Bertz CT molecular complexity index is 937. The van der Waals surface area contributed by atoms with Gasteiger partial charge in [0, 0.05) is 19.6 Å². The molecule has 1 aromatic carbocycles. The predicted molar refractivity (Wildman–Crippen MR) is 118 cm³/mol. The molecule has 2 atom stereocenters. The average Bonchev–Trinajstić information content (AvgIpc) is 3.08. The van der Waals surface area contributed by atoms with Gasteiger partial charge in [-0.3, -0.25) is 0 Å². The summed E-state index contributed by atoms with van der Waals surface area (Å²) in [5, 5.41) is 19.0. The van der Waals surface area contributed by atoms with Crippen LogP contribution in [0.3, 0.4) is 0 Å². The molecule has 6 nitrogen and oxygen atoms in total. The standard InChI is InChI=1S/C24H34N4O2/c1-5-24(16-28-17-26-20-9-8-18(13-25)11-21(20)28)10-6-7-19(12-24)14-27(22(29)30)15-23(2,3)4/h8-9,11,17,19H,5-7,10,12,14-16H2,1-4H3,(H,29,30). The predicted octanol–water partition coefficient (Wildman–Crippen LogP) is 5.52. The molecule has 2 unspecified atom stereocenters. The number of hydrogen-bond acceptors (Lipinski definition) is 3. The Hall–Kier alpha value is -2.55. The lowest BCUT2D eigenvalue weighted by Gasteiger charge is -2.42. The van der Waals surface area contributed by atoms with Gasteiger partial charge in [0.05, 0.1) is 29.0 Å². The lowest BCUT2D eigenvalue weighted by Crippen LogP contribution is -2.43. The fourth-order valence-corrected chi connectivity index (χ4v) is 5.02. The van der Waals surface area contributed by atoms with Gasteiger partial charge in [-0.15, -0.1) is 0 Å². The molecule has 1 amide bonds. The average molecular weight is 411 g/mol. The lowest BCUT2D eigenvalue weighted by atomic mass is 9.67. The number of hydrogen-bond donors (Lipinski definition) is 1. The molecule has 1 N–H and O–H groups in total. The summed E-state index contributed by atoms with van der Waals surface area (Å²) in [7, 11) is 0. The first kappa shape index (κ1) is 22.1. The van der Waals surface area contributed by atoms with Crippen molar-refractivity contribution in [1.29, 1.82) is 5.26 Å². The molecule has 1 aliphatic carbocycles. The number of nitriles is 1. The van der Waals surface area contributed by atoms with E-state index in [2.05, 4.69) is 43.3 Å². The van der Waals surface area contributed by atoms with Crippen molar-refractivity contribution in [2.24, 2.45) is 16.7 Å². The van der Waals surface area contributed by atoms with Gasteiger partial charge < -0.3 is 14.6 Å². The summed E-state index contributed by atoms with van der Waals surface area (Å²) in [5.74, 6) is 0.376. The highest BCUT2D eigenvalue weighted by atomic mass is 16.4. The normalized spacial score (nSPS) is 22.0. The Morgan fingerprint density at radius 3 is 2.83 bits per heavy atom. The van der Waals surface area contributed by atoms with E-state index < -0.39 is 6.09 Å². The first-order valence-corrected chi connectivity index (χ1v) is 11.0. The number of aromatic nitrogens is 2. The summed E-state index contributed by atoms with van der Waals surface area (Å²) < 4.78 is 2.19. The second-order valence-electron chi connectivity index (χ2n) is 10.2. The number of nitrogens with zero attached hydrogens (tertiary/aromatic N) is 4. The third-order valence-electron chi connectivity index (χ3n) is 6.46. The summed E-state index contributed by atoms with van der Waals surface area (Å²) in [6, 6.07) is 7.85. The van der Waals surface area contributed by atoms with Gasteiger partial charge in [-0.25, -0.2) is 9.78 Å². The maximum Gasteiger partial charge on any atom is 0.407 e. The highest BCUT2D eigenvalue weighted by Gasteiger charge is 2.37. The molecule has 1 aromatic heterocycles. The van der Waals surface area contributed by atoms with Crippen LogP contribution in [0.2, 0.25) is 0 Å². The minimum Gasteiger partial charge on any atom is -0.465 e. The van der Waals surface area contributed by atoms with E-state index in [4.69, 9.17) is 0 Å². The zero-order valence-corrected chi connectivity index (χ0v) is 18.7. The molecule has 1 saturated carbocycles. The van der Waals surface area contributed by atoms with E-state index >= 15 is 0 Å². The maximum atomic E-state index is 11.8. The minimum absolute atomic E-state index is 0.0525. The van der Waals surface area contributed by atoms with Crippen LogP contribution in [0, 0.1) is 28.1 Å². The van der Waals surface area contributed by atoms with Crippen LogP contribution in [0.5, 0.6) is 0 Å². The number of carboxylic acid groups (broad SMARTS) is 1. The molecule has 1 aliphatic rings. The molecular formula is C24H34N4O2. The highest BCUT2D eigenvalue weighted by Crippen LogP contribution is 2.44. The summed E-state index contributed by atoms with van der Waals surface area (Å²) in [6.07, 6.45) is 6.49. The summed E-state index contributed by atoms with van der Waals surface area (Å²) in [6.45, 7) is 10.5. The fraction of sp³-hybridized carbons (Fsp3) is 0.625. The Morgan fingerprint density at radius 1 is 1.43 bits per heavy atom. The Balaban J connectivity index is 1.78. The zero-order chi connectivity index (χ0) is 21.9. The van der Waals surface area contributed by atoms with Crippen molar-refractivity contribution in [2.45, 2.75) is 66.3 Å². The van der Waals surface area contributed by atoms with E-state index in [1.807, 2.05) is 24.5 Å².